The van der Waals surface area contributed by atoms with Crippen molar-refractivity contribution in [2.45, 2.75) is 13.3 Å². The van der Waals surface area contributed by atoms with Crippen molar-refractivity contribution in [2.24, 2.45) is 0 Å². The largest absolute Gasteiger partial charge is 0.507 e. The number of para-hydroxylation sites is 1. The average Bonchev–Trinajstić information content (AvgIpc) is 3.22. The SMILES string of the molecule is COCCCNc1cc(-c2cccc3c2OCO3)cc(-c2cc(C)ccc2O)n1. The summed E-state index contributed by atoms with van der Waals surface area (Å²) in [5.74, 6) is 2.38. The Morgan fingerprint density at radius 1 is 1.10 bits per heavy atom. The molecule has 6 heteroatoms. The van der Waals surface area contributed by atoms with E-state index in [9.17, 15) is 5.11 Å². The van der Waals surface area contributed by atoms with E-state index < -0.39 is 0 Å². The van der Waals surface area contributed by atoms with Crippen LogP contribution in [-0.4, -0.2) is 37.1 Å². The first-order valence-electron chi connectivity index (χ1n) is 9.59. The number of ether oxygens (including phenoxy) is 3. The molecule has 3 aromatic rings. The maximum absolute atomic E-state index is 10.4. The van der Waals surface area contributed by atoms with E-state index in [-0.39, 0.29) is 12.5 Å². The number of fused-ring (bicyclic) bond motifs is 1. The van der Waals surface area contributed by atoms with Crippen LogP contribution in [0.15, 0.2) is 48.5 Å². The van der Waals surface area contributed by atoms with E-state index in [0.717, 1.165) is 47.0 Å². The van der Waals surface area contributed by atoms with Gasteiger partial charge in [0.2, 0.25) is 6.79 Å². The van der Waals surface area contributed by atoms with Crippen LogP contribution in [0.3, 0.4) is 0 Å². The number of aromatic hydroxyl groups is 1. The van der Waals surface area contributed by atoms with Crippen molar-refractivity contribution in [3.05, 3.63) is 54.1 Å². The summed E-state index contributed by atoms with van der Waals surface area (Å²) in [4.78, 5) is 4.74. The second-order valence-electron chi connectivity index (χ2n) is 6.96. The fraction of sp³-hybridized carbons (Fsp3) is 0.261. The van der Waals surface area contributed by atoms with Gasteiger partial charge in [0.1, 0.15) is 11.6 Å². The van der Waals surface area contributed by atoms with Gasteiger partial charge in [-0.1, -0.05) is 23.8 Å². The van der Waals surface area contributed by atoms with Crippen molar-refractivity contribution < 1.29 is 19.3 Å². The summed E-state index contributed by atoms with van der Waals surface area (Å²) < 4.78 is 16.3. The van der Waals surface area contributed by atoms with Crippen LogP contribution < -0.4 is 14.8 Å². The van der Waals surface area contributed by atoms with Crippen LogP contribution in [0.4, 0.5) is 5.82 Å². The van der Waals surface area contributed by atoms with Crippen molar-refractivity contribution in [3.8, 4) is 39.6 Å². The molecular formula is C23H24N2O4. The summed E-state index contributed by atoms with van der Waals surface area (Å²) >= 11 is 0. The van der Waals surface area contributed by atoms with Gasteiger partial charge in [-0.05, 0) is 49.2 Å². The van der Waals surface area contributed by atoms with Crippen molar-refractivity contribution in [1.29, 1.82) is 0 Å². The highest BCUT2D eigenvalue weighted by Crippen LogP contribution is 2.42. The number of phenols is 1. The predicted molar refractivity (Wildman–Crippen MR) is 113 cm³/mol. The van der Waals surface area contributed by atoms with Gasteiger partial charge >= 0.3 is 0 Å². The molecule has 0 atom stereocenters. The molecule has 150 valence electrons. The minimum atomic E-state index is 0.198. The molecule has 1 aliphatic rings. The molecule has 0 fully saturated rings. The zero-order valence-corrected chi connectivity index (χ0v) is 16.6. The van der Waals surface area contributed by atoms with Gasteiger partial charge in [0.15, 0.2) is 11.5 Å². The maximum atomic E-state index is 10.4. The molecule has 2 N–H and O–H groups in total. The number of hydrogen-bond donors (Lipinski definition) is 2. The summed E-state index contributed by atoms with van der Waals surface area (Å²) in [6.07, 6.45) is 0.866. The van der Waals surface area contributed by atoms with Gasteiger partial charge in [-0.25, -0.2) is 4.98 Å². The fourth-order valence-corrected chi connectivity index (χ4v) is 3.36. The van der Waals surface area contributed by atoms with Crippen LogP contribution in [0.1, 0.15) is 12.0 Å². The zero-order chi connectivity index (χ0) is 20.2. The maximum Gasteiger partial charge on any atom is 0.231 e. The first-order valence-corrected chi connectivity index (χ1v) is 9.59. The number of rotatable bonds is 7. The Bertz CT molecular complexity index is 1020. The number of methoxy groups -OCH3 is 1. The second-order valence-corrected chi connectivity index (χ2v) is 6.96. The standard InChI is InChI=1S/C23H24N2O4/c1-15-7-8-20(26)18(11-15)19-12-16(13-22(25-19)24-9-4-10-27-2)17-5-3-6-21-23(17)29-14-28-21/h3,5-8,11-13,26H,4,9-10,14H2,1-2H3,(H,24,25). The van der Waals surface area contributed by atoms with Gasteiger partial charge in [0.05, 0.1) is 5.69 Å². The molecule has 1 aromatic heterocycles. The van der Waals surface area contributed by atoms with Crippen LogP contribution in [-0.2, 0) is 4.74 Å². The molecule has 0 amide bonds. The van der Waals surface area contributed by atoms with E-state index in [0.29, 0.717) is 17.9 Å². The molecule has 0 saturated carbocycles. The monoisotopic (exact) mass is 392 g/mol. The lowest BCUT2D eigenvalue weighted by molar-refractivity contribution is 0.174. The first-order chi connectivity index (χ1) is 14.2. The smallest absolute Gasteiger partial charge is 0.231 e. The first kappa shape index (κ1) is 19.1. The second kappa shape index (κ2) is 8.41. The lowest BCUT2D eigenvalue weighted by Gasteiger charge is -2.13. The molecule has 2 aromatic carbocycles. The van der Waals surface area contributed by atoms with Gasteiger partial charge in [-0.2, -0.15) is 0 Å². The highest BCUT2D eigenvalue weighted by molar-refractivity contribution is 5.80. The molecule has 0 spiro atoms. The van der Waals surface area contributed by atoms with E-state index in [1.54, 1.807) is 13.2 Å². The molecule has 0 unspecified atom stereocenters. The minimum Gasteiger partial charge on any atom is -0.507 e. The Labute approximate surface area is 170 Å². The predicted octanol–water partition coefficient (Wildman–Crippen LogP) is 4.61. The van der Waals surface area contributed by atoms with Crippen molar-refractivity contribution in [2.75, 3.05) is 32.4 Å². The van der Waals surface area contributed by atoms with Gasteiger partial charge in [-0.15, -0.1) is 0 Å². The molecule has 0 bridgehead atoms. The van der Waals surface area contributed by atoms with Gasteiger partial charge in [0.25, 0.3) is 0 Å². The quantitative estimate of drug-likeness (QED) is 0.572. The molecule has 1 aliphatic heterocycles. The Kier molecular flexibility index (Phi) is 5.53. The van der Waals surface area contributed by atoms with Gasteiger partial charge < -0.3 is 24.6 Å². The number of hydrogen-bond acceptors (Lipinski definition) is 6. The third-order valence-corrected chi connectivity index (χ3v) is 4.79. The van der Waals surface area contributed by atoms with Gasteiger partial charge in [-0.3, -0.25) is 0 Å². The van der Waals surface area contributed by atoms with Crippen LogP contribution >= 0.6 is 0 Å². The van der Waals surface area contributed by atoms with Crippen molar-refractivity contribution in [3.63, 3.8) is 0 Å². The van der Waals surface area contributed by atoms with Crippen LogP contribution in [0.25, 0.3) is 22.4 Å². The number of nitrogens with zero attached hydrogens (tertiary/aromatic N) is 1. The Balaban J connectivity index is 1.78. The summed E-state index contributed by atoms with van der Waals surface area (Å²) in [5.41, 5.74) is 4.30. The van der Waals surface area contributed by atoms with Crippen LogP contribution in [0.2, 0.25) is 0 Å². The van der Waals surface area contributed by atoms with E-state index in [4.69, 9.17) is 19.2 Å². The van der Waals surface area contributed by atoms with Gasteiger partial charge in [0, 0.05) is 31.4 Å². The molecule has 29 heavy (non-hydrogen) atoms. The third kappa shape index (κ3) is 4.12. The molecule has 4 rings (SSSR count). The molecule has 0 saturated heterocycles. The Hall–Kier alpha value is -3.25. The summed E-state index contributed by atoms with van der Waals surface area (Å²) in [6.45, 7) is 3.61. The third-order valence-electron chi connectivity index (χ3n) is 4.79. The normalized spacial score (nSPS) is 12.2. The molecule has 0 aliphatic carbocycles. The highest BCUT2D eigenvalue weighted by atomic mass is 16.7. The molecule has 6 nitrogen and oxygen atoms in total. The van der Waals surface area contributed by atoms with E-state index >= 15 is 0 Å². The van der Waals surface area contributed by atoms with E-state index in [2.05, 4.69) is 5.32 Å². The fourth-order valence-electron chi connectivity index (χ4n) is 3.36. The van der Waals surface area contributed by atoms with Crippen LogP contribution in [0, 0.1) is 6.92 Å². The van der Waals surface area contributed by atoms with Crippen molar-refractivity contribution >= 4 is 5.82 Å². The zero-order valence-electron chi connectivity index (χ0n) is 16.6. The van der Waals surface area contributed by atoms with E-state index in [1.807, 2.05) is 49.4 Å². The lowest BCUT2D eigenvalue weighted by atomic mass is 10.0. The number of phenolic OH excluding ortho intramolecular Hbond substituents is 1. The number of anilines is 1. The molecular weight excluding hydrogens is 368 g/mol. The summed E-state index contributed by atoms with van der Waals surface area (Å²) in [6, 6.07) is 15.3. The van der Waals surface area contributed by atoms with Crippen LogP contribution in [0.5, 0.6) is 17.2 Å². The van der Waals surface area contributed by atoms with E-state index in [1.165, 1.54) is 0 Å². The number of aromatic nitrogens is 1. The number of aryl methyl sites for hydroxylation is 1. The molecule has 2 heterocycles. The van der Waals surface area contributed by atoms with Crippen molar-refractivity contribution in [1.82, 2.24) is 4.98 Å². The highest BCUT2D eigenvalue weighted by Gasteiger charge is 2.20. The summed E-state index contributed by atoms with van der Waals surface area (Å²) in [5, 5.41) is 13.8. The number of pyridine rings is 1. The topological polar surface area (TPSA) is 72.8 Å². The average molecular weight is 392 g/mol. The lowest BCUT2D eigenvalue weighted by Crippen LogP contribution is -2.06. The summed E-state index contributed by atoms with van der Waals surface area (Å²) in [7, 11) is 1.69. The number of nitrogens with one attached hydrogen (secondary N) is 1. The number of benzene rings is 2. The molecule has 0 radical (unpaired) electrons. The Morgan fingerprint density at radius 2 is 2.00 bits per heavy atom. The Morgan fingerprint density at radius 3 is 2.86 bits per heavy atom. The minimum absolute atomic E-state index is 0.198.